The molecule has 1 aromatic carbocycles. The first-order chi connectivity index (χ1) is 7.16. The fraction of sp³-hybridized carbons (Fsp3) is 0.167. The molecule has 0 aromatic heterocycles. The van der Waals surface area contributed by atoms with Crippen LogP contribution in [0.2, 0.25) is 0 Å². The third-order valence-electron chi connectivity index (χ3n) is 2.24. The highest BCUT2D eigenvalue weighted by Crippen LogP contribution is 2.33. The summed E-state index contributed by atoms with van der Waals surface area (Å²) in [5.41, 5.74) is 2.21. The first-order valence-electron chi connectivity index (χ1n) is 4.58. The summed E-state index contributed by atoms with van der Waals surface area (Å²) in [6, 6.07) is 5.95. The topological polar surface area (TPSA) is 18.5 Å². The number of hydrogen-bond acceptors (Lipinski definition) is 2. The van der Waals surface area contributed by atoms with Crippen LogP contribution in [0.1, 0.15) is 5.56 Å². The van der Waals surface area contributed by atoms with E-state index in [2.05, 4.69) is 35.7 Å². The van der Waals surface area contributed by atoms with Crippen LogP contribution in [0.5, 0.6) is 11.5 Å². The largest absolute Gasteiger partial charge is 0.454 e. The Hall–Kier alpha value is -0.970. The van der Waals surface area contributed by atoms with Crippen molar-refractivity contribution in [1.29, 1.82) is 0 Å². The molecule has 3 heteroatoms. The van der Waals surface area contributed by atoms with E-state index >= 15 is 0 Å². The smallest absolute Gasteiger partial charge is 0.231 e. The molecule has 0 atom stereocenters. The number of benzene rings is 1. The Morgan fingerprint density at radius 3 is 2.73 bits per heavy atom. The first-order valence-corrected chi connectivity index (χ1v) is 5.66. The van der Waals surface area contributed by atoms with Gasteiger partial charge in [0, 0.05) is 3.58 Å². The van der Waals surface area contributed by atoms with Gasteiger partial charge in [-0.1, -0.05) is 19.2 Å². The van der Waals surface area contributed by atoms with Crippen molar-refractivity contribution in [1.82, 2.24) is 0 Å². The summed E-state index contributed by atoms with van der Waals surface area (Å²) >= 11 is 2.18. The summed E-state index contributed by atoms with van der Waals surface area (Å²) in [5.74, 6) is 1.64. The molecule has 0 fully saturated rings. The molecule has 0 unspecified atom stereocenters. The Balaban J connectivity index is 2.17. The van der Waals surface area contributed by atoms with Gasteiger partial charge in [0.05, 0.1) is 0 Å². The summed E-state index contributed by atoms with van der Waals surface area (Å²) in [5, 5.41) is 0. The van der Waals surface area contributed by atoms with Crippen molar-refractivity contribution >= 4 is 22.6 Å². The average molecular weight is 314 g/mol. The van der Waals surface area contributed by atoms with Gasteiger partial charge in [-0.15, -0.1) is 0 Å². The lowest BCUT2D eigenvalue weighted by molar-refractivity contribution is 0.174. The van der Waals surface area contributed by atoms with Gasteiger partial charge in [-0.05, 0) is 52.3 Å². The molecule has 1 aliphatic heterocycles. The van der Waals surface area contributed by atoms with Gasteiger partial charge in [0.1, 0.15) is 0 Å². The van der Waals surface area contributed by atoms with Crippen molar-refractivity contribution in [2.45, 2.75) is 6.42 Å². The zero-order valence-corrected chi connectivity index (χ0v) is 10.4. The lowest BCUT2D eigenvalue weighted by Crippen LogP contribution is -1.93. The third-order valence-corrected chi connectivity index (χ3v) is 3.00. The van der Waals surface area contributed by atoms with Crippen LogP contribution >= 0.6 is 22.6 Å². The van der Waals surface area contributed by atoms with Crippen LogP contribution in [0.4, 0.5) is 0 Å². The lowest BCUT2D eigenvalue weighted by Gasteiger charge is -2.04. The van der Waals surface area contributed by atoms with Gasteiger partial charge in [0.15, 0.2) is 11.5 Å². The molecule has 0 saturated carbocycles. The summed E-state index contributed by atoms with van der Waals surface area (Å²) in [6.45, 7) is 8.14. The number of hydrogen-bond donors (Lipinski definition) is 0. The van der Waals surface area contributed by atoms with Crippen molar-refractivity contribution in [2.75, 3.05) is 6.79 Å². The molecule has 0 aliphatic carbocycles. The van der Waals surface area contributed by atoms with E-state index in [0.717, 1.165) is 27.1 Å². The van der Waals surface area contributed by atoms with E-state index in [-0.39, 0.29) is 0 Å². The van der Waals surface area contributed by atoms with Crippen LogP contribution in [-0.4, -0.2) is 6.79 Å². The highest BCUT2D eigenvalue weighted by Gasteiger charge is 2.13. The van der Waals surface area contributed by atoms with Gasteiger partial charge < -0.3 is 9.47 Å². The zero-order chi connectivity index (χ0) is 10.8. The Bertz CT molecular complexity index is 424. The molecule has 0 radical (unpaired) electrons. The van der Waals surface area contributed by atoms with Crippen molar-refractivity contribution in [3.8, 4) is 11.5 Å². The number of halogens is 1. The minimum absolute atomic E-state index is 0.318. The minimum Gasteiger partial charge on any atom is -0.454 e. The van der Waals surface area contributed by atoms with E-state index in [4.69, 9.17) is 9.47 Å². The second-order valence-corrected chi connectivity index (χ2v) is 4.68. The molecule has 1 aromatic rings. The fourth-order valence-corrected chi connectivity index (χ4v) is 1.58. The van der Waals surface area contributed by atoms with Crippen LogP contribution in [0.3, 0.4) is 0 Å². The summed E-state index contributed by atoms with van der Waals surface area (Å²) in [7, 11) is 0. The number of rotatable bonds is 3. The molecular formula is C12H11IO2. The van der Waals surface area contributed by atoms with Crippen molar-refractivity contribution < 1.29 is 9.47 Å². The maximum Gasteiger partial charge on any atom is 0.231 e. The van der Waals surface area contributed by atoms with E-state index in [0.29, 0.717) is 6.79 Å². The zero-order valence-electron chi connectivity index (χ0n) is 8.25. The minimum atomic E-state index is 0.318. The SMILES string of the molecule is C=C(I)C(=C)Cc1ccc2c(c1)OCO2. The van der Waals surface area contributed by atoms with Crippen molar-refractivity contribution in [3.63, 3.8) is 0 Å². The summed E-state index contributed by atoms with van der Waals surface area (Å²) < 4.78 is 11.5. The average Bonchev–Trinajstić information content (AvgIpc) is 2.64. The molecule has 2 nitrogen and oxygen atoms in total. The highest BCUT2D eigenvalue weighted by atomic mass is 127. The molecule has 1 aliphatic rings. The molecule has 0 N–H and O–H groups in total. The second kappa shape index (κ2) is 4.26. The van der Waals surface area contributed by atoms with Crippen LogP contribution in [0.25, 0.3) is 0 Å². The molecule has 15 heavy (non-hydrogen) atoms. The van der Waals surface area contributed by atoms with E-state index < -0.39 is 0 Å². The monoisotopic (exact) mass is 314 g/mol. The predicted molar refractivity (Wildman–Crippen MR) is 68.6 cm³/mol. The van der Waals surface area contributed by atoms with Gasteiger partial charge in [0.2, 0.25) is 6.79 Å². The van der Waals surface area contributed by atoms with Crippen molar-refractivity contribution in [3.05, 3.63) is 46.1 Å². The highest BCUT2D eigenvalue weighted by molar-refractivity contribution is 14.1. The molecule has 0 spiro atoms. The Kier molecular flexibility index (Phi) is 3.00. The van der Waals surface area contributed by atoms with Crippen molar-refractivity contribution in [2.24, 2.45) is 0 Å². The van der Waals surface area contributed by atoms with Crippen LogP contribution in [0.15, 0.2) is 40.5 Å². The van der Waals surface area contributed by atoms with Crippen LogP contribution in [0, 0.1) is 0 Å². The Labute approximate surface area is 103 Å². The van der Waals surface area contributed by atoms with Gasteiger partial charge in [-0.25, -0.2) is 0 Å². The summed E-state index contributed by atoms with van der Waals surface area (Å²) in [6.07, 6.45) is 0.804. The van der Waals surface area contributed by atoms with Crippen LogP contribution in [-0.2, 0) is 6.42 Å². The molecular weight excluding hydrogens is 303 g/mol. The molecule has 78 valence electrons. The standard InChI is InChI=1S/C12H11IO2/c1-8(9(2)13)5-10-3-4-11-12(6-10)15-7-14-11/h3-4,6H,1-2,5,7H2. The number of ether oxygens (including phenoxy) is 2. The van der Waals surface area contributed by atoms with Crippen LogP contribution < -0.4 is 9.47 Å². The fourth-order valence-electron chi connectivity index (χ4n) is 1.39. The van der Waals surface area contributed by atoms with E-state index in [1.165, 1.54) is 5.56 Å². The molecule has 0 saturated heterocycles. The summed E-state index contributed by atoms with van der Waals surface area (Å²) in [4.78, 5) is 0. The first kappa shape index (κ1) is 10.5. The quantitative estimate of drug-likeness (QED) is 0.628. The van der Waals surface area contributed by atoms with Gasteiger partial charge in [-0.3, -0.25) is 0 Å². The second-order valence-electron chi connectivity index (χ2n) is 3.37. The normalized spacial score (nSPS) is 12.6. The maximum atomic E-state index is 5.30. The Morgan fingerprint density at radius 1 is 1.27 bits per heavy atom. The Morgan fingerprint density at radius 2 is 2.00 bits per heavy atom. The third kappa shape index (κ3) is 2.34. The van der Waals surface area contributed by atoms with Gasteiger partial charge in [0.25, 0.3) is 0 Å². The number of fused-ring (bicyclic) bond motifs is 1. The van der Waals surface area contributed by atoms with E-state index in [1.54, 1.807) is 0 Å². The molecule has 0 amide bonds. The van der Waals surface area contributed by atoms with Gasteiger partial charge >= 0.3 is 0 Å². The lowest BCUT2D eigenvalue weighted by atomic mass is 10.1. The maximum absolute atomic E-state index is 5.30. The van der Waals surface area contributed by atoms with E-state index in [9.17, 15) is 0 Å². The number of allylic oxidation sites excluding steroid dienone is 2. The van der Waals surface area contributed by atoms with Gasteiger partial charge in [-0.2, -0.15) is 0 Å². The molecule has 2 rings (SSSR count). The van der Waals surface area contributed by atoms with E-state index in [1.807, 2.05) is 18.2 Å². The molecule has 0 bridgehead atoms. The predicted octanol–water partition coefficient (Wildman–Crippen LogP) is 3.46. The molecule has 1 heterocycles.